The predicted octanol–water partition coefficient (Wildman–Crippen LogP) is 3.79. The van der Waals surface area contributed by atoms with E-state index in [1.807, 2.05) is 10.8 Å². The predicted molar refractivity (Wildman–Crippen MR) is 71.7 cm³/mol. The van der Waals surface area contributed by atoms with E-state index < -0.39 is 17.5 Å². The van der Waals surface area contributed by atoms with Crippen LogP contribution >= 0.6 is 22.9 Å². The Morgan fingerprint density at radius 2 is 2.05 bits per heavy atom. The Hall–Kier alpha value is -1.48. The number of nitrogens with one attached hydrogen (secondary N) is 1. The summed E-state index contributed by atoms with van der Waals surface area (Å²) in [5.41, 5.74) is -1.72. The molecule has 0 unspecified atom stereocenters. The Morgan fingerprint density at radius 3 is 2.60 bits per heavy atom. The molecule has 2 rings (SSSR count). The molecular formula is C11H10F3N3OS2. The molecule has 0 aliphatic rings. The minimum atomic E-state index is -4.63. The second kappa shape index (κ2) is 5.13. The van der Waals surface area contributed by atoms with Crippen LogP contribution in [0, 0.1) is 5.41 Å². The van der Waals surface area contributed by atoms with Crippen LogP contribution in [0.4, 0.5) is 18.3 Å². The van der Waals surface area contributed by atoms with Gasteiger partial charge in [0.1, 0.15) is 5.41 Å². The van der Waals surface area contributed by atoms with Crippen LogP contribution in [0.2, 0.25) is 0 Å². The first kappa shape index (κ1) is 14.9. The summed E-state index contributed by atoms with van der Waals surface area (Å²) >= 11 is 2.30. The van der Waals surface area contributed by atoms with Gasteiger partial charge in [0.15, 0.2) is 5.82 Å². The SMILES string of the molecule is CC(C)(C(=O)Nc1nc(-c2ccsc2)ns1)C(F)(F)F. The molecule has 0 spiro atoms. The number of thiophene rings is 1. The lowest BCUT2D eigenvalue weighted by Crippen LogP contribution is -2.43. The number of carbonyl (C=O) groups is 1. The van der Waals surface area contributed by atoms with E-state index in [1.54, 1.807) is 6.07 Å². The van der Waals surface area contributed by atoms with Crippen LogP contribution in [-0.4, -0.2) is 21.4 Å². The molecule has 0 atom stereocenters. The van der Waals surface area contributed by atoms with E-state index in [4.69, 9.17) is 0 Å². The average molecular weight is 321 g/mol. The first-order valence-electron chi connectivity index (χ1n) is 5.46. The molecule has 0 saturated carbocycles. The van der Waals surface area contributed by atoms with E-state index in [0.717, 1.165) is 30.9 Å². The molecule has 2 aromatic rings. The highest BCUT2D eigenvalue weighted by molar-refractivity contribution is 7.10. The zero-order valence-corrected chi connectivity index (χ0v) is 12.1. The standard InChI is InChI=1S/C11H10F3N3OS2/c1-10(2,11(12,13)14)8(18)16-9-15-7(17-20-9)6-3-4-19-5-6/h3-5H,1-2H3,(H,15,16,17,18). The van der Waals surface area contributed by atoms with Gasteiger partial charge in [-0.25, -0.2) is 0 Å². The van der Waals surface area contributed by atoms with E-state index in [-0.39, 0.29) is 5.13 Å². The number of halogens is 3. The van der Waals surface area contributed by atoms with Crippen LogP contribution in [0.5, 0.6) is 0 Å². The van der Waals surface area contributed by atoms with Crippen LogP contribution in [0.15, 0.2) is 16.8 Å². The molecule has 1 amide bonds. The van der Waals surface area contributed by atoms with Gasteiger partial charge in [-0.05, 0) is 25.3 Å². The lowest BCUT2D eigenvalue weighted by atomic mass is 9.92. The minimum absolute atomic E-state index is 0.0496. The molecule has 108 valence electrons. The summed E-state index contributed by atoms with van der Waals surface area (Å²) in [4.78, 5) is 15.7. The van der Waals surface area contributed by atoms with Crippen molar-refractivity contribution in [2.45, 2.75) is 20.0 Å². The molecule has 4 nitrogen and oxygen atoms in total. The second-order valence-corrected chi connectivity index (χ2v) is 6.04. The van der Waals surface area contributed by atoms with Crippen LogP contribution in [-0.2, 0) is 4.79 Å². The van der Waals surface area contributed by atoms with Crippen molar-refractivity contribution >= 4 is 33.9 Å². The van der Waals surface area contributed by atoms with Gasteiger partial charge in [0.05, 0.1) is 0 Å². The number of amides is 1. The van der Waals surface area contributed by atoms with Crippen LogP contribution < -0.4 is 5.32 Å². The van der Waals surface area contributed by atoms with Gasteiger partial charge in [-0.2, -0.15) is 33.9 Å². The Labute approximate surface area is 120 Å². The van der Waals surface area contributed by atoms with Gasteiger partial charge in [0.25, 0.3) is 0 Å². The third-order valence-electron chi connectivity index (χ3n) is 2.70. The monoisotopic (exact) mass is 321 g/mol. The molecule has 2 heterocycles. The Morgan fingerprint density at radius 1 is 1.35 bits per heavy atom. The van der Waals surface area contributed by atoms with Gasteiger partial charge in [0.2, 0.25) is 11.0 Å². The molecule has 0 aromatic carbocycles. The second-order valence-electron chi connectivity index (χ2n) is 4.51. The van der Waals surface area contributed by atoms with Gasteiger partial charge < -0.3 is 0 Å². The third kappa shape index (κ3) is 2.83. The van der Waals surface area contributed by atoms with E-state index >= 15 is 0 Å². The van der Waals surface area contributed by atoms with E-state index in [0.29, 0.717) is 5.82 Å². The number of anilines is 1. The molecule has 0 saturated heterocycles. The highest BCUT2D eigenvalue weighted by Crippen LogP contribution is 2.38. The molecule has 2 aromatic heterocycles. The number of rotatable bonds is 3. The van der Waals surface area contributed by atoms with E-state index in [9.17, 15) is 18.0 Å². The van der Waals surface area contributed by atoms with Gasteiger partial charge in [-0.1, -0.05) is 0 Å². The van der Waals surface area contributed by atoms with Crippen molar-refractivity contribution in [2.24, 2.45) is 5.41 Å². The van der Waals surface area contributed by atoms with Crippen molar-refractivity contribution in [3.8, 4) is 11.4 Å². The summed E-state index contributed by atoms with van der Waals surface area (Å²) in [7, 11) is 0. The van der Waals surface area contributed by atoms with Gasteiger partial charge in [-0.3, -0.25) is 10.1 Å². The van der Waals surface area contributed by atoms with Crippen molar-refractivity contribution in [1.29, 1.82) is 0 Å². The smallest absolute Gasteiger partial charge is 0.300 e. The average Bonchev–Trinajstić information content (AvgIpc) is 2.96. The zero-order valence-electron chi connectivity index (χ0n) is 10.5. The molecule has 0 bridgehead atoms. The Balaban J connectivity index is 2.14. The fraction of sp³-hybridized carbons (Fsp3) is 0.364. The Bertz CT molecular complexity index is 605. The summed E-state index contributed by atoms with van der Waals surface area (Å²) < 4.78 is 42.2. The van der Waals surface area contributed by atoms with Crippen LogP contribution in [0.1, 0.15) is 13.8 Å². The number of hydrogen-bond donors (Lipinski definition) is 1. The molecule has 0 aliphatic carbocycles. The van der Waals surface area contributed by atoms with Crippen molar-refractivity contribution in [3.63, 3.8) is 0 Å². The summed E-state index contributed by atoms with van der Waals surface area (Å²) in [5, 5.41) is 5.86. The number of hydrogen-bond acceptors (Lipinski definition) is 5. The van der Waals surface area contributed by atoms with E-state index in [2.05, 4.69) is 14.7 Å². The van der Waals surface area contributed by atoms with Crippen molar-refractivity contribution in [2.75, 3.05) is 5.32 Å². The van der Waals surface area contributed by atoms with Crippen molar-refractivity contribution in [3.05, 3.63) is 16.8 Å². The van der Waals surface area contributed by atoms with Crippen LogP contribution in [0.25, 0.3) is 11.4 Å². The maximum Gasteiger partial charge on any atom is 0.402 e. The molecule has 0 fully saturated rings. The quantitative estimate of drug-likeness (QED) is 0.935. The lowest BCUT2D eigenvalue weighted by Gasteiger charge is -2.25. The minimum Gasteiger partial charge on any atom is -0.300 e. The van der Waals surface area contributed by atoms with Gasteiger partial charge in [-0.15, -0.1) is 0 Å². The third-order valence-corrected chi connectivity index (χ3v) is 4.02. The molecular weight excluding hydrogens is 311 g/mol. The Kier molecular flexibility index (Phi) is 3.83. The maximum atomic E-state index is 12.7. The molecule has 9 heteroatoms. The lowest BCUT2D eigenvalue weighted by molar-refractivity contribution is -0.208. The number of alkyl halides is 3. The first-order chi connectivity index (χ1) is 9.22. The highest BCUT2D eigenvalue weighted by Gasteiger charge is 2.53. The largest absolute Gasteiger partial charge is 0.402 e. The summed E-state index contributed by atoms with van der Waals surface area (Å²) in [5.74, 6) is -0.769. The number of nitrogens with zero attached hydrogens (tertiary/aromatic N) is 2. The van der Waals surface area contributed by atoms with E-state index in [1.165, 1.54) is 11.3 Å². The fourth-order valence-electron chi connectivity index (χ4n) is 1.17. The van der Waals surface area contributed by atoms with Gasteiger partial charge in [0, 0.05) is 22.5 Å². The first-order valence-corrected chi connectivity index (χ1v) is 7.18. The zero-order chi connectivity index (χ0) is 15.0. The molecule has 0 aliphatic heterocycles. The maximum absolute atomic E-state index is 12.7. The normalized spacial score (nSPS) is 12.4. The van der Waals surface area contributed by atoms with Crippen molar-refractivity contribution < 1.29 is 18.0 Å². The molecule has 20 heavy (non-hydrogen) atoms. The van der Waals surface area contributed by atoms with Gasteiger partial charge >= 0.3 is 6.18 Å². The summed E-state index contributed by atoms with van der Waals surface area (Å²) in [6.07, 6.45) is -4.63. The summed E-state index contributed by atoms with van der Waals surface area (Å²) in [6.45, 7) is 1.65. The number of aromatic nitrogens is 2. The summed E-state index contributed by atoms with van der Waals surface area (Å²) in [6, 6.07) is 1.79. The fourth-order valence-corrected chi connectivity index (χ4v) is 2.38. The molecule has 1 N–H and O–H groups in total. The highest BCUT2D eigenvalue weighted by atomic mass is 32.1. The topological polar surface area (TPSA) is 54.9 Å². The van der Waals surface area contributed by atoms with Crippen LogP contribution in [0.3, 0.4) is 0 Å². The molecule has 0 radical (unpaired) electrons. The van der Waals surface area contributed by atoms with Crippen molar-refractivity contribution in [1.82, 2.24) is 9.36 Å². The number of carbonyl (C=O) groups excluding carboxylic acids is 1.